The molecule has 0 unspecified atom stereocenters. The van der Waals surface area contributed by atoms with Crippen molar-refractivity contribution in [1.29, 1.82) is 0 Å². The Kier molecular flexibility index (Phi) is 4.92. The fraction of sp³-hybridized carbons (Fsp3) is 0.286. The smallest absolute Gasteiger partial charge is 0.242 e. The number of likely N-dealkylation sites (N-methyl/N-ethyl adjacent to an activating group) is 1. The summed E-state index contributed by atoms with van der Waals surface area (Å²) in [4.78, 5) is 0.134. The average Bonchev–Trinajstić information content (AvgIpc) is 2.97. The summed E-state index contributed by atoms with van der Waals surface area (Å²) in [5.74, 6) is 1.18. The first kappa shape index (κ1) is 15.9. The Hall–Kier alpha value is -1.50. The molecule has 0 bridgehead atoms. The maximum atomic E-state index is 12.4. The van der Waals surface area contributed by atoms with E-state index in [1.165, 1.54) is 36.7 Å². The van der Waals surface area contributed by atoms with Gasteiger partial charge < -0.3 is 9.15 Å². The Labute approximate surface area is 129 Å². The molecule has 1 aromatic carbocycles. The maximum Gasteiger partial charge on any atom is 0.242 e. The van der Waals surface area contributed by atoms with E-state index in [9.17, 15) is 8.42 Å². The Morgan fingerprint density at radius 1 is 1.33 bits per heavy atom. The number of halogens is 1. The summed E-state index contributed by atoms with van der Waals surface area (Å²) in [5.41, 5.74) is 0. The van der Waals surface area contributed by atoms with E-state index in [1.54, 1.807) is 12.3 Å². The predicted octanol–water partition coefficient (Wildman–Crippen LogP) is 2.80. The molecule has 0 saturated heterocycles. The summed E-state index contributed by atoms with van der Waals surface area (Å²) < 4.78 is 36.4. The molecule has 0 amide bonds. The van der Waals surface area contributed by atoms with Crippen molar-refractivity contribution in [1.82, 2.24) is 4.31 Å². The molecule has 0 saturated carbocycles. The largest absolute Gasteiger partial charge is 0.495 e. The summed E-state index contributed by atoms with van der Waals surface area (Å²) in [5, 5.41) is 0.262. The van der Waals surface area contributed by atoms with Crippen molar-refractivity contribution < 1.29 is 17.6 Å². The molecule has 0 fully saturated rings. The minimum absolute atomic E-state index is 0.134. The van der Waals surface area contributed by atoms with Crippen LogP contribution in [0.5, 0.6) is 5.75 Å². The van der Waals surface area contributed by atoms with Crippen LogP contribution in [0.25, 0.3) is 0 Å². The lowest BCUT2D eigenvalue weighted by molar-refractivity contribution is 0.414. The number of hydrogen-bond acceptors (Lipinski definition) is 4. The Morgan fingerprint density at radius 3 is 2.67 bits per heavy atom. The van der Waals surface area contributed by atoms with E-state index in [4.69, 9.17) is 20.8 Å². The Morgan fingerprint density at radius 2 is 2.10 bits per heavy atom. The van der Waals surface area contributed by atoms with Gasteiger partial charge >= 0.3 is 0 Å². The van der Waals surface area contributed by atoms with E-state index in [0.717, 1.165) is 5.76 Å². The molecular formula is C14H16ClNO4S. The molecule has 7 heteroatoms. The topological polar surface area (TPSA) is 59.8 Å². The normalized spacial score (nSPS) is 11.8. The van der Waals surface area contributed by atoms with Crippen molar-refractivity contribution >= 4 is 21.6 Å². The van der Waals surface area contributed by atoms with Gasteiger partial charge in [-0.3, -0.25) is 0 Å². The number of benzene rings is 1. The van der Waals surface area contributed by atoms with Gasteiger partial charge in [0.2, 0.25) is 10.0 Å². The van der Waals surface area contributed by atoms with Gasteiger partial charge in [0.25, 0.3) is 0 Å². The molecule has 1 aromatic heterocycles. The highest BCUT2D eigenvalue weighted by Crippen LogP contribution is 2.28. The molecule has 21 heavy (non-hydrogen) atoms. The molecule has 2 aromatic rings. The van der Waals surface area contributed by atoms with Crippen molar-refractivity contribution in [2.45, 2.75) is 11.3 Å². The Bertz CT molecular complexity index is 698. The van der Waals surface area contributed by atoms with Crippen LogP contribution in [0.4, 0.5) is 0 Å². The molecule has 0 radical (unpaired) electrons. The summed E-state index contributed by atoms with van der Waals surface area (Å²) in [6.07, 6.45) is 2.07. The monoisotopic (exact) mass is 329 g/mol. The summed E-state index contributed by atoms with van der Waals surface area (Å²) in [7, 11) is -0.587. The van der Waals surface area contributed by atoms with E-state index >= 15 is 0 Å². The first-order chi connectivity index (χ1) is 9.95. The number of hydrogen-bond donors (Lipinski definition) is 0. The molecule has 2 rings (SSSR count). The fourth-order valence-corrected chi connectivity index (χ4v) is 3.35. The lowest BCUT2D eigenvalue weighted by Gasteiger charge is -2.17. The first-order valence-electron chi connectivity index (χ1n) is 6.27. The van der Waals surface area contributed by atoms with Gasteiger partial charge in [-0.2, -0.15) is 0 Å². The highest BCUT2D eigenvalue weighted by Gasteiger charge is 2.21. The molecule has 0 atom stereocenters. The van der Waals surface area contributed by atoms with Gasteiger partial charge in [-0.15, -0.1) is 0 Å². The van der Waals surface area contributed by atoms with Crippen LogP contribution < -0.4 is 4.74 Å². The van der Waals surface area contributed by atoms with Crippen LogP contribution >= 0.6 is 11.6 Å². The standard InChI is InChI=1S/C14H16ClNO4S/c1-16(8-7-11-4-3-9-20-11)21(17,18)12-5-6-14(19-2)13(15)10-12/h3-6,9-10H,7-8H2,1-2H3. The van der Waals surface area contributed by atoms with Crippen LogP contribution in [0.2, 0.25) is 5.02 Å². The second kappa shape index (κ2) is 6.51. The van der Waals surface area contributed by atoms with Crippen molar-refractivity contribution in [3.8, 4) is 5.75 Å². The van der Waals surface area contributed by atoms with Crippen LogP contribution in [0, 0.1) is 0 Å². The zero-order valence-electron chi connectivity index (χ0n) is 11.7. The van der Waals surface area contributed by atoms with Crippen LogP contribution in [0.1, 0.15) is 5.76 Å². The molecule has 0 N–H and O–H groups in total. The van der Waals surface area contributed by atoms with E-state index in [-0.39, 0.29) is 9.92 Å². The molecule has 1 heterocycles. The van der Waals surface area contributed by atoms with Crippen LogP contribution in [-0.4, -0.2) is 33.4 Å². The van der Waals surface area contributed by atoms with Crippen LogP contribution in [-0.2, 0) is 16.4 Å². The third-order valence-corrected chi connectivity index (χ3v) is 5.23. The fourth-order valence-electron chi connectivity index (χ4n) is 1.83. The van der Waals surface area contributed by atoms with E-state index < -0.39 is 10.0 Å². The zero-order valence-corrected chi connectivity index (χ0v) is 13.3. The third-order valence-electron chi connectivity index (χ3n) is 3.08. The van der Waals surface area contributed by atoms with Gasteiger partial charge in [0.1, 0.15) is 11.5 Å². The number of furan rings is 1. The van der Waals surface area contributed by atoms with Crippen molar-refractivity contribution in [3.05, 3.63) is 47.4 Å². The average molecular weight is 330 g/mol. The zero-order chi connectivity index (χ0) is 15.5. The minimum Gasteiger partial charge on any atom is -0.495 e. The SMILES string of the molecule is COc1ccc(S(=O)(=O)N(C)CCc2ccco2)cc1Cl. The van der Waals surface area contributed by atoms with Gasteiger partial charge in [-0.25, -0.2) is 12.7 Å². The quantitative estimate of drug-likeness (QED) is 0.817. The molecule has 0 aliphatic rings. The first-order valence-corrected chi connectivity index (χ1v) is 8.09. The molecule has 0 spiro atoms. The highest BCUT2D eigenvalue weighted by atomic mass is 35.5. The van der Waals surface area contributed by atoms with Gasteiger partial charge in [-0.1, -0.05) is 11.6 Å². The lowest BCUT2D eigenvalue weighted by atomic mass is 10.3. The molecule has 0 aliphatic carbocycles. The number of nitrogens with zero attached hydrogens (tertiary/aromatic N) is 1. The lowest BCUT2D eigenvalue weighted by Crippen LogP contribution is -2.29. The minimum atomic E-state index is -3.59. The molecule has 114 valence electrons. The molecule has 5 nitrogen and oxygen atoms in total. The van der Waals surface area contributed by atoms with Crippen LogP contribution in [0.15, 0.2) is 45.9 Å². The van der Waals surface area contributed by atoms with Gasteiger partial charge in [-0.05, 0) is 30.3 Å². The van der Waals surface area contributed by atoms with Crippen molar-refractivity contribution in [2.75, 3.05) is 20.7 Å². The summed E-state index contributed by atoms with van der Waals surface area (Å²) in [6, 6.07) is 7.98. The van der Waals surface area contributed by atoms with Crippen molar-refractivity contribution in [3.63, 3.8) is 0 Å². The number of rotatable bonds is 6. The maximum absolute atomic E-state index is 12.4. The second-order valence-electron chi connectivity index (χ2n) is 4.45. The number of methoxy groups -OCH3 is 1. The van der Waals surface area contributed by atoms with Crippen LogP contribution in [0.3, 0.4) is 0 Å². The van der Waals surface area contributed by atoms with E-state index in [1.807, 2.05) is 6.07 Å². The van der Waals surface area contributed by atoms with Gasteiger partial charge in [0.15, 0.2) is 0 Å². The van der Waals surface area contributed by atoms with Gasteiger partial charge in [0, 0.05) is 20.0 Å². The number of sulfonamides is 1. The summed E-state index contributed by atoms with van der Waals surface area (Å²) >= 11 is 5.98. The molecular weight excluding hydrogens is 314 g/mol. The predicted molar refractivity (Wildman–Crippen MR) is 80.2 cm³/mol. The third kappa shape index (κ3) is 3.58. The van der Waals surface area contributed by atoms with E-state index in [0.29, 0.717) is 18.7 Å². The highest BCUT2D eigenvalue weighted by molar-refractivity contribution is 7.89. The number of ether oxygens (including phenoxy) is 1. The van der Waals surface area contributed by atoms with E-state index in [2.05, 4.69) is 0 Å². The second-order valence-corrected chi connectivity index (χ2v) is 6.90. The summed E-state index contributed by atoms with van der Waals surface area (Å²) in [6.45, 7) is 0.319. The molecule has 0 aliphatic heterocycles. The Balaban J connectivity index is 2.14. The van der Waals surface area contributed by atoms with Crippen molar-refractivity contribution in [2.24, 2.45) is 0 Å². The van der Waals surface area contributed by atoms with Gasteiger partial charge in [0.05, 0.1) is 23.3 Å².